The van der Waals surface area contributed by atoms with Crippen LogP contribution in [0, 0.1) is 0 Å². The van der Waals surface area contributed by atoms with Crippen molar-refractivity contribution in [1.29, 1.82) is 0 Å². The van der Waals surface area contributed by atoms with Crippen molar-refractivity contribution in [2.24, 2.45) is 0 Å². The van der Waals surface area contributed by atoms with E-state index in [9.17, 15) is 8.42 Å². The summed E-state index contributed by atoms with van der Waals surface area (Å²) in [5, 5.41) is 0.322. The van der Waals surface area contributed by atoms with Gasteiger partial charge in [0.05, 0.1) is 22.0 Å². The average molecular weight is 463 g/mol. The van der Waals surface area contributed by atoms with Crippen molar-refractivity contribution in [3.05, 3.63) is 89.4 Å². The van der Waals surface area contributed by atoms with Crippen LogP contribution < -0.4 is 5.73 Å². The Labute approximate surface area is 190 Å². The third kappa shape index (κ3) is 3.21. The van der Waals surface area contributed by atoms with Crippen LogP contribution in [0.25, 0.3) is 22.2 Å². The van der Waals surface area contributed by atoms with E-state index in [1.807, 2.05) is 55.5 Å². The van der Waals surface area contributed by atoms with Crippen molar-refractivity contribution < 1.29 is 8.42 Å². The van der Waals surface area contributed by atoms with Crippen LogP contribution in [0.4, 0.5) is 5.82 Å². The highest BCUT2D eigenvalue weighted by atomic mass is 35.5. The number of nitrogens with two attached hydrogens (primary N) is 1. The summed E-state index contributed by atoms with van der Waals surface area (Å²) in [6, 6.07) is 22.9. The quantitative estimate of drug-likeness (QED) is 0.393. The molecule has 0 radical (unpaired) electrons. The fraction of sp³-hybridized carbons (Fsp3) is 0.0833. The molecule has 0 fully saturated rings. The first-order valence-electron chi connectivity index (χ1n) is 9.99. The second-order valence-electron chi connectivity index (χ2n) is 7.52. The number of sulfone groups is 1. The number of rotatable bonds is 4. The molecule has 5 rings (SSSR count). The lowest BCUT2D eigenvalue weighted by molar-refractivity contribution is 0.596. The fourth-order valence-corrected chi connectivity index (χ4v) is 5.74. The number of para-hydroxylation sites is 2. The number of hydrogen-bond donors (Lipinski definition) is 1. The van der Waals surface area contributed by atoms with Gasteiger partial charge in [-0.15, -0.1) is 0 Å². The fourth-order valence-electron chi connectivity index (χ4n) is 3.95. The maximum Gasteiger partial charge on any atom is 0.212 e. The molecule has 0 aliphatic carbocycles. The molecular formula is C24H19ClN4O2S. The SMILES string of the molecule is CC(c1ccccc1)n1c(N)c(S(=O)(=O)c2cccc(Cl)c2)c2nc3ccccc3nc21. The van der Waals surface area contributed by atoms with Gasteiger partial charge in [-0.25, -0.2) is 18.4 Å². The van der Waals surface area contributed by atoms with Crippen molar-refractivity contribution in [2.45, 2.75) is 22.8 Å². The van der Waals surface area contributed by atoms with Crippen LogP contribution in [0.2, 0.25) is 5.02 Å². The van der Waals surface area contributed by atoms with Crippen LogP contribution in [0.1, 0.15) is 18.5 Å². The molecule has 32 heavy (non-hydrogen) atoms. The highest BCUT2D eigenvalue weighted by molar-refractivity contribution is 7.92. The van der Waals surface area contributed by atoms with Crippen molar-refractivity contribution in [2.75, 3.05) is 5.73 Å². The van der Waals surface area contributed by atoms with Crippen molar-refractivity contribution in [3.63, 3.8) is 0 Å². The van der Waals surface area contributed by atoms with E-state index in [1.54, 1.807) is 22.8 Å². The molecule has 0 aliphatic rings. The van der Waals surface area contributed by atoms with Crippen molar-refractivity contribution in [1.82, 2.24) is 14.5 Å². The van der Waals surface area contributed by atoms with Crippen LogP contribution in [0.3, 0.4) is 0 Å². The van der Waals surface area contributed by atoms with Crippen LogP contribution in [0.15, 0.2) is 88.7 Å². The molecule has 0 spiro atoms. The highest BCUT2D eigenvalue weighted by Crippen LogP contribution is 2.38. The third-order valence-electron chi connectivity index (χ3n) is 5.53. The van der Waals surface area contributed by atoms with E-state index in [0.717, 1.165) is 5.56 Å². The Morgan fingerprint density at radius 2 is 1.56 bits per heavy atom. The zero-order chi connectivity index (χ0) is 22.5. The van der Waals surface area contributed by atoms with E-state index in [1.165, 1.54) is 12.1 Å². The van der Waals surface area contributed by atoms with Crippen molar-refractivity contribution in [3.8, 4) is 0 Å². The number of halogens is 1. The summed E-state index contributed by atoms with van der Waals surface area (Å²) in [5.74, 6) is 0.0895. The van der Waals surface area contributed by atoms with Gasteiger partial charge in [-0.1, -0.05) is 60.1 Å². The summed E-state index contributed by atoms with van der Waals surface area (Å²) < 4.78 is 29.2. The highest BCUT2D eigenvalue weighted by Gasteiger charge is 2.32. The minimum Gasteiger partial charge on any atom is -0.384 e. The Kier molecular flexibility index (Phi) is 4.87. The van der Waals surface area contributed by atoms with Crippen LogP contribution in [-0.4, -0.2) is 23.0 Å². The van der Waals surface area contributed by atoms with E-state index >= 15 is 0 Å². The summed E-state index contributed by atoms with van der Waals surface area (Å²) in [6.07, 6.45) is 0. The Balaban J connectivity index is 1.87. The zero-order valence-corrected chi connectivity index (χ0v) is 18.7. The van der Waals surface area contributed by atoms with Gasteiger partial charge in [0, 0.05) is 5.02 Å². The third-order valence-corrected chi connectivity index (χ3v) is 7.58. The zero-order valence-electron chi connectivity index (χ0n) is 17.1. The van der Waals surface area contributed by atoms with Gasteiger partial charge in [-0.3, -0.25) is 0 Å². The minimum absolute atomic E-state index is 0.0538. The van der Waals surface area contributed by atoms with E-state index in [0.29, 0.717) is 21.7 Å². The first kappa shape index (κ1) is 20.5. The molecule has 0 saturated heterocycles. The van der Waals surface area contributed by atoms with Gasteiger partial charge in [0.2, 0.25) is 9.84 Å². The maximum absolute atomic E-state index is 13.7. The van der Waals surface area contributed by atoms with E-state index in [4.69, 9.17) is 22.3 Å². The monoisotopic (exact) mass is 462 g/mol. The number of nitrogens with zero attached hydrogens (tertiary/aromatic N) is 3. The van der Waals surface area contributed by atoms with Gasteiger partial charge >= 0.3 is 0 Å². The van der Waals surface area contributed by atoms with Gasteiger partial charge in [-0.2, -0.15) is 0 Å². The predicted octanol–water partition coefficient (Wildman–Crippen LogP) is 5.26. The average Bonchev–Trinajstić information content (AvgIpc) is 3.08. The molecule has 1 atom stereocenters. The summed E-state index contributed by atoms with van der Waals surface area (Å²) in [4.78, 5) is 9.43. The Morgan fingerprint density at radius 1 is 0.906 bits per heavy atom. The molecule has 8 heteroatoms. The summed E-state index contributed by atoms with van der Waals surface area (Å²) >= 11 is 6.08. The molecule has 0 saturated carbocycles. The molecule has 5 aromatic rings. The Morgan fingerprint density at radius 3 is 2.25 bits per heavy atom. The number of fused-ring (bicyclic) bond motifs is 2. The lowest BCUT2D eigenvalue weighted by Gasteiger charge is -2.17. The Bertz CT molecular complexity index is 1580. The molecule has 6 nitrogen and oxygen atoms in total. The number of anilines is 1. The van der Waals surface area contributed by atoms with Crippen LogP contribution in [0.5, 0.6) is 0 Å². The molecule has 0 amide bonds. The van der Waals surface area contributed by atoms with Crippen LogP contribution in [-0.2, 0) is 9.84 Å². The van der Waals surface area contributed by atoms with Gasteiger partial charge < -0.3 is 10.3 Å². The van der Waals surface area contributed by atoms with E-state index in [-0.39, 0.29) is 27.2 Å². The maximum atomic E-state index is 13.7. The van der Waals surface area contributed by atoms with Crippen molar-refractivity contribution >= 4 is 49.5 Å². The molecule has 2 N–H and O–H groups in total. The topological polar surface area (TPSA) is 90.9 Å². The second kappa shape index (κ2) is 7.62. The van der Waals surface area contributed by atoms with Crippen LogP contribution >= 0.6 is 11.6 Å². The second-order valence-corrected chi connectivity index (χ2v) is 9.84. The predicted molar refractivity (Wildman–Crippen MR) is 127 cm³/mol. The first-order valence-corrected chi connectivity index (χ1v) is 11.9. The first-order chi connectivity index (χ1) is 15.4. The molecule has 0 aliphatic heterocycles. The number of nitrogen functional groups attached to an aromatic ring is 1. The minimum atomic E-state index is -4.02. The Hall–Kier alpha value is -3.42. The molecule has 1 unspecified atom stereocenters. The molecular weight excluding hydrogens is 444 g/mol. The smallest absolute Gasteiger partial charge is 0.212 e. The summed E-state index contributed by atoms with van der Waals surface area (Å²) in [7, 11) is -4.02. The molecule has 2 aromatic heterocycles. The standard InChI is InChI=1S/C24H19ClN4O2S/c1-15(16-8-3-2-4-9-16)29-23(26)22(32(30,31)18-11-7-10-17(25)14-18)21-24(29)28-20-13-6-5-12-19(20)27-21/h2-15H,26H2,1H3. The largest absolute Gasteiger partial charge is 0.384 e. The molecule has 2 heterocycles. The van der Waals surface area contributed by atoms with Gasteiger partial charge in [0.15, 0.2) is 5.65 Å². The van der Waals surface area contributed by atoms with E-state index in [2.05, 4.69) is 4.98 Å². The normalized spacial score (nSPS) is 12.9. The number of hydrogen-bond acceptors (Lipinski definition) is 5. The van der Waals surface area contributed by atoms with E-state index < -0.39 is 9.84 Å². The van der Waals surface area contributed by atoms with Gasteiger partial charge in [-0.05, 0) is 42.8 Å². The summed E-state index contributed by atoms with van der Waals surface area (Å²) in [5.41, 5.74) is 9.42. The lowest BCUT2D eigenvalue weighted by Crippen LogP contribution is -2.12. The lowest BCUT2D eigenvalue weighted by atomic mass is 10.1. The summed E-state index contributed by atoms with van der Waals surface area (Å²) in [6.45, 7) is 1.96. The molecule has 0 bridgehead atoms. The molecule has 160 valence electrons. The molecule has 3 aromatic carbocycles. The van der Waals surface area contributed by atoms with Gasteiger partial charge in [0.1, 0.15) is 16.2 Å². The van der Waals surface area contributed by atoms with Gasteiger partial charge in [0.25, 0.3) is 0 Å². The number of benzene rings is 3. The number of aromatic nitrogens is 3.